The largest absolute Gasteiger partial charge is 0.357 e. The van der Waals surface area contributed by atoms with Crippen LogP contribution in [-0.2, 0) is 17.9 Å². The first-order chi connectivity index (χ1) is 15.9. The van der Waals surface area contributed by atoms with Gasteiger partial charge in [-0.2, -0.15) is 5.26 Å². The SMILES string of the molecule is CCn1c(N2CCCC2)c(C=C2SC(=S)N(Cc3ccccc3Cl)C2=O)c(C)c(C#N)c1=O. The normalized spacial score (nSPS) is 17.3. The molecule has 2 fully saturated rings. The third kappa shape index (κ3) is 4.33. The van der Waals surface area contributed by atoms with Crippen LogP contribution in [0.5, 0.6) is 0 Å². The smallest absolute Gasteiger partial charge is 0.270 e. The number of carbonyl (C=O) groups excluding carboxylic acids is 1. The number of nitrogens with zero attached hydrogens (tertiary/aromatic N) is 4. The summed E-state index contributed by atoms with van der Waals surface area (Å²) in [4.78, 5) is 30.5. The van der Waals surface area contributed by atoms with E-state index >= 15 is 0 Å². The van der Waals surface area contributed by atoms with Gasteiger partial charge in [-0.15, -0.1) is 0 Å². The number of benzene rings is 1. The maximum Gasteiger partial charge on any atom is 0.270 e. The van der Waals surface area contributed by atoms with Crippen molar-refractivity contribution >= 4 is 57.7 Å². The van der Waals surface area contributed by atoms with Crippen LogP contribution in [0, 0.1) is 18.3 Å². The van der Waals surface area contributed by atoms with Gasteiger partial charge >= 0.3 is 0 Å². The van der Waals surface area contributed by atoms with Crippen LogP contribution in [0.1, 0.15) is 42.0 Å². The van der Waals surface area contributed by atoms with Crippen molar-refractivity contribution in [1.82, 2.24) is 9.47 Å². The number of halogens is 1. The van der Waals surface area contributed by atoms with Crippen molar-refractivity contribution in [3.05, 3.63) is 66.8 Å². The van der Waals surface area contributed by atoms with E-state index in [1.807, 2.05) is 25.1 Å². The molecule has 0 bridgehead atoms. The third-order valence-corrected chi connectivity index (χ3v) is 7.75. The first kappa shape index (κ1) is 23.6. The predicted octanol–water partition coefficient (Wildman–Crippen LogP) is 4.70. The minimum absolute atomic E-state index is 0.109. The molecule has 0 spiro atoms. The molecule has 0 N–H and O–H groups in total. The summed E-state index contributed by atoms with van der Waals surface area (Å²) in [5, 5.41) is 10.3. The Morgan fingerprint density at radius 1 is 1.24 bits per heavy atom. The molecule has 0 atom stereocenters. The number of hydrogen-bond donors (Lipinski definition) is 0. The zero-order valence-corrected chi connectivity index (χ0v) is 20.8. The summed E-state index contributed by atoms with van der Waals surface area (Å²) in [7, 11) is 0. The number of anilines is 1. The topological polar surface area (TPSA) is 69.3 Å². The second-order valence-corrected chi connectivity index (χ2v) is 10.0. The molecule has 6 nitrogen and oxygen atoms in total. The van der Waals surface area contributed by atoms with Crippen LogP contribution in [0.3, 0.4) is 0 Å². The zero-order chi connectivity index (χ0) is 23.7. The van der Waals surface area contributed by atoms with Gasteiger partial charge in [0.2, 0.25) is 0 Å². The number of pyridine rings is 1. The monoisotopic (exact) mass is 498 g/mol. The first-order valence-electron chi connectivity index (χ1n) is 10.8. The fourth-order valence-corrected chi connectivity index (χ4v) is 5.70. The van der Waals surface area contributed by atoms with E-state index in [0.29, 0.717) is 26.4 Å². The van der Waals surface area contributed by atoms with E-state index in [1.54, 1.807) is 28.5 Å². The molecular weight excluding hydrogens is 476 g/mol. The van der Waals surface area contributed by atoms with E-state index in [2.05, 4.69) is 11.0 Å². The van der Waals surface area contributed by atoms with Gasteiger partial charge in [-0.05, 0) is 50.0 Å². The minimum Gasteiger partial charge on any atom is -0.357 e. The number of nitriles is 1. The maximum absolute atomic E-state index is 13.3. The summed E-state index contributed by atoms with van der Waals surface area (Å²) < 4.78 is 2.10. The molecule has 170 valence electrons. The highest BCUT2D eigenvalue weighted by atomic mass is 35.5. The highest BCUT2D eigenvalue weighted by Crippen LogP contribution is 2.37. The number of amides is 1. The van der Waals surface area contributed by atoms with Crippen LogP contribution in [-0.4, -0.2) is 32.8 Å². The van der Waals surface area contributed by atoms with Crippen LogP contribution in [0.2, 0.25) is 5.02 Å². The van der Waals surface area contributed by atoms with E-state index in [0.717, 1.165) is 42.9 Å². The lowest BCUT2D eigenvalue weighted by molar-refractivity contribution is -0.122. The minimum atomic E-state index is -0.289. The summed E-state index contributed by atoms with van der Waals surface area (Å²) >= 11 is 13.0. The summed E-state index contributed by atoms with van der Waals surface area (Å²) in [6.07, 6.45) is 3.87. The first-order valence-corrected chi connectivity index (χ1v) is 12.4. The van der Waals surface area contributed by atoms with Gasteiger partial charge in [-0.3, -0.25) is 19.1 Å². The molecule has 2 aliphatic rings. The summed E-state index contributed by atoms with van der Waals surface area (Å²) in [5.74, 6) is 0.567. The molecule has 4 rings (SSSR count). The second-order valence-electron chi connectivity index (χ2n) is 7.95. The molecule has 0 radical (unpaired) electrons. The van der Waals surface area contributed by atoms with Gasteiger partial charge in [0.1, 0.15) is 21.8 Å². The van der Waals surface area contributed by atoms with Crippen molar-refractivity contribution < 1.29 is 4.79 Å². The quantitative estimate of drug-likeness (QED) is 0.439. The lowest BCUT2D eigenvalue weighted by Crippen LogP contribution is -2.32. The molecule has 0 aliphatic carbocycles. The standard InChI is InChI=1S/C24H23ClN4O2S2/c1-3-28-21(27-10-6-7-11-27)17(15(2)18(13-26)22(28)30)12-20-23(31)29(24(32)33-20)14-16-8-4-5-9-19(16)25/h4-5,8-9,12H,3,6-7,10-11,14H2,1-2H3. The Morgan fingerprint density at radius 3 is 2.58 bits per heavy atom. The van der Waals surface area contributed by atoms with Gasteiger partial charge in [0, 0.05) is 30.2 Å². The Labute approximate surface area is 207 Å². The fourth-order valence-electron chi connectivity index (χ4n) is 4.27. The van der Waals surface area contributed by atoms with Crippen LogP contribution in [0.4, 0.5) is 5.82 Å². The van der Waals surface area contributed by atoms with Crippen molar-refractivity contribution in [2.75, 3.05) is 18.0 Å². The maximum atomic E-state index is 13.3. The molecule has 1 aromatic heterocycles. The van der Waals surface area contributed by atoms with Gasteiger partial charge in [0.25, 0.3) is 11.5 Å². The molecule has 3 heterocycles. The number of thioether (sulfide) groups is 1. The van der Waals surface area contributed by atoms with Gasteiger partial charge in [-0.25, -0.2) is 0 Å². The lowest BCUT2D eigenvalue weighted by atomic mass is 10.0. The Morgan fingerprint density at radius 2 is 1.94 bits per heavy atom. The van der Waals surface area contributed by atoms with Gasteiger partial charge in [0.05, 0.1) is 11.4 Å². The van der Waals surface area contributed by atoms with Crippen molar-refractivity contribution in [3.8, 4) is 6.07 Å². The molecule has 9 heteroatoms. The van der Waals surface area contributed by atoms with Crippen molar-refractivity contribution in [1.29, 1.82) is 5.26 Å². The molecule has 1 amide bonds. The lowest BCUT2D eigenvalue weighted by Gasteiger charge is -2.26. The van der Waals surface area contributed by atoms with Crippen LogP contribution >= 0.6 is 35.6 Å². The van der Waals surface area contributed by atoms with Crippen molar-refractivity contribution in [2.24, 2.45) is 0 Å². The Kier molecular flexibility index (Phi) is 6.94. The molecule has 2 aromatic rings. The highest BCUT2D eigenvalue weighted by molar-refractivity contribution is 8.26. The highest BCUT2D eigenvalue weighted by Gasteiger charge is 2.34. The van der Waals surface area contributed by atoms with E-state index in [4.69, 9.17) is 23.8 Å². The summed E-state index contributed by atoms with van der Waals surface area (Å²) in [6, 6.07) is 9.44. The van der Waals surface area contributed by atoms with Gasteiger partial charge in [0.15, 0.2) is 0 Å². The molecule has 1 aromatic carbocycles. The van der Waals surface area contributed by atoms with E-state index in [9.17, 15) is 14.9 Å². The van der Waals surface area contributed by atoms with Gasteiger partial charge in [-0.1, -0.05) is 53.8 Å². The molecule has 33 heavy (non-hydrogen) atoms. The Balaban J connectivity index is 1.81. The summed E-state index contributed by atoms with van der Waals surface area (Å²) in [6.45, 7) is 6.06. The zero-order valence-electron chi connectivity index (χ0n) is 18.4. The molecule has 2 saturated heterocycles. The summed E-state index contributed by atoms with van der Waals surface area (Å²) in [5.41, 5.74) is 1.95. The molecule has 0 saturated carbocycles. The second kappa shape index (κ2) is 9.72. The number of carbonyl (C=O) groups is 1. The number of hydrogen-bond acceptors (Lipinski definition) is 6. The predicted molar refractivity (Wildman–Crippen MR) is 137 cm³/mol. The van der Waals surface area contributed by atoms with E-state index in [-0.39, 0.29) is 23.6 Å². The van der Waals surface area contributed by atoms with Crippen LogP contribution < -0.4 is 10.5 Å². The fraction of sp³-hybridized carbons (Fsp3) is 0.333. The van der Waals surface area contributed by atoms with Crippen molar-refractivity contribution in [2.45, 2.75) is 39.8 Å². The van der Waals surface area contributed by atoms with Gasteiger partial charge < -0.3 is 4.90 Å². The number of rotatable bonds is 5. The number of thiocarbonyl (C=S) groups is 1. The van der Waals surface area contributed by atoms with E-state index < -0.39 is 0 Å². The van der Waals surface area contributed by atoms with Crippen LogP contribution in [0.25, 0.3) is 6.08 Å². The van der Waals surface area contributed by atoms with Crippen LogP contribution in [0.15, 0.2) is 34.0 Å². The average molecular weight is 499 g/mol. The van der Waals surface area contributed by atoms with Crippen molar-refractivity contribution in [3.63, 3.8) is 0 Å². The Hall–Kier alpha value is -2.60. The average Bonchev–Trinajstić information content (AvgIpc) is 3.41. The number of aromatic nitrogens is 1. The van der Waals surface area contributed by atoms with E-state index in [1.165, 1.54) is 11.8 Å². The molecule has 0 unspecified atom stereocenters. The molecular formula is C24H23ClN4O2S2. The third-order valence-electron chi connectivity index (χ3n) is 6.00. The Bertz CT molecular complexity index is 1270. The molecule has 2 aliphatic heterocycles.